The summed E-state index contributed by atoms with van der Waals surface area (Å²) in [7, 11) is 0. The maximum absolute atomic E-state index is 11.9. The van der Waals surface area contributed by atoms with Crippen LogP contribution in [0, 0.1) is 11.8 Å². The Hall–Kier alpha value is -1.68. The fourth-order valence-electron chi connectivity index (χ4n) is 3.87. The van der Waals surface area contributed by atoms with Gasteiger partial charge in [0.05, 0.1) is 0 Å². The first-order valence-electron chi connectivity index (χ1n) is 10.3. The van der Waals surface area contributed by atoms with E-state index in [1.807, 2.05) is 0 Å². The summed E-state index contributed by atoms with van der Waals surface area (Å²) in [6, 6.07) is 6.73. The van der Waals surface area contributed by atoms with E-state index in [4.69, 9.17) is 5.73 Å². The Morgan fingerprint density at radius 1 is 0.923 bits per heavy atom. The highest BCUT2D eigenvalue weighted by Crippen LogP contribution is 2.23. The van der Waals surface area contributed by atoms with Crippen LogP contribution in [0.15, 0.2) is 24.3 Å². The van der Waals surface area contributed by atoms with E-state index in [0.717, 1.165) is 25.3 Å². The maximum Gasteiger partial charge on any atom is 0.251 e. The van der Waals surface area contributed by atoms with Gasteiger partial charge in [-0.3, -0.25) is 9.59 Å². The molecule has 26 heavy (non-hydrogen) atoms. The van der Waals surface area contributed by atoms with E-state index in [1.165, 1.54) is 64.2 Å². The van der Waals surface area contributed by atoms with E-state index in [-0.39, 0.29) is 5.91 Å². The molecule has 0 radical (unpaired) electrons. The second kappa shape index (κ2) is 11.8. The van der Waals surface area contributed by atoms with Crippen LogP contribution in [0.3, 0.4) is 0 Å². The van der Waals surface area contributed by atoms with E-state index in [9.17, 15) is 9.59 Å². The lowest BCUT2D eigenvalue weighted by molar-refractivity contribution is 0.0943. The second-order valence-corrected chi connectivity index (χ2v) is 7.69. The third-order valence-electron chi connectivity index (χ3n) is 5.64. The van der Waals surface area contributed by atoms with Crippen LogP contribution in [0.4, 0.5) is 0 Å². The van der Waals surface area contributed by atoms with Gasteiger partial charge in [-0.2, -0.15) is 0 Å². The number of amides is 1. The third kappa shape index (κ3) is 7.28. The molecule has 0 unspecified atom stereocenters. The van der Waals surface area contributed by atoms with E-state index < -0.39 is 0 Å². The van der Waals surface area contributed by atoms with Crippen LogP contribution in [0.2, 0.25) is 0 Å². The van der Waals surface area contributed by atoms with Gasteiger partial charge in [0.1, 0.15) is 6.29 Å². The lowest BCUT2D eigenvalue weighted by Crippen LogP contribution is -2.30. The number of nitrogens with one attached hydrogen (secondary N) is 1. The van der Waals surface area contributed by atoms with Crippen LogP contribution < -0.4 is 11.1 Å². The van der Waals surface area contributed by atoms with Gasteiger partial charge in [-0.1, -0.05) is 50.7 Å². The zero-order chi connectivity index (χ0) is 18.6. The molecule has 2 aliphatic carbocycles. The van der Waals surface area contributed by atoms with Crippen LogP contribution in [0.1, 0.15) is 84.9 Å². The van der Waals surface area contributed by atoms with Crippen molar-refractivity contribution < 1.29 is 9.59 Å². The number of nitrogens with two attached hydrogens (primary N) is 1. The van der Waals surface area contributed by atoms with E-state index in [0.29, 0.717) is 17.0 Å². The fraction of sp³-hybridized carbons (Fsp3) is 0.636. The minimum absolute atomic E-state index is 0.0435. The average molecular weight is 359 g/mol. The summed E-state index contributed by atoms with van der Waals surface area (Å²) in [6.45, 7) is 1.69. The molecule has 2 saturated carbocycles. The molecule has 0 aliphatic heterocycles. The molecule has 4 heteroatoms. The highest BCUT2D eigenvalue weighted by Gasteiger charge is 2.14. The summed E-state index contributed by atoms with van der Waals surface area (Å²) in [5.41, 5.74) is 6.72. The Kier molecular flexibility index (Phi) is 9.40. The van der Waals surface area contributed by atoms with Crippen molar-refractivity contribution in [3.63, 3.8) is 0 Å². The molecule has 2 aliphatic rings. The molecule has 1 aromatic carbocycles. The summed E-state index contributed by atoms with van der Waals surface area (Å²) in [5.74, 6) is 1.46. The summed E-state index contributed by atoms with van der Waals surface area (Å²) in [5, 5.41) is 2.98. The molecule has 0 saturated heterocycles. The van der Waals surface area contributed by atoms with Crippen molar-refractivity contribution >= 4 is 12.2 Å². The molecule has 0 bridgehead atoms. The maximum atomic E-state index is 11.9. The van der Waals surface area contributed by atoms with Gasteiger partial charge in [-0.25, -0.2) is 0 Å². The molecule has 0 heterocycles. The largest absolute Gasteiger partial charge is 0.352 e. The quantitative estimate of drug-likeness (QED) is 0.769. The average Bonchev–Trinajstić information content (AvgIpc) is 2.74. The summed E-state index contributed by atoms with van der Waals surface area (Å²) < 4.78 is 0. The predicted molar refractivity (Wildman–Crippen MR) is 106 cm³/mol. The second-order valence-electron chi connectivity index (χ2n) is 7.69. The summed E-state index contributed by atoms with van der Waals surface area (Å²) in [4.78, 5) is 22.4. The standard InChI is InChI=1S/C15H19NO2.C7H15N/c17-11-13-6-8-14(9-7-13)15(18)16-10-12-4-2-1-3-5-12;8-6-7-4-2-1-3-5-7/h6-9,11-12H,1-5,10H2,(H,16,18);7H,1-6,8H2. The topological polar surface area (TPSA) is 72.2 Å². The van der Waals surface area contributed by atoms with Crippen molar-refractivity contribution in [2.75, 3.05) is 13.1 Å². The molecule has 0 aromatic heterocycles. The van der Waals surface area contributed by atoms with Crippen molar-refractivity contribution in [1.29, 1.82) is 0 Å². The van der Waals surface area contributed by atoms with Crippen LogP contribution >= 0.6 is 0 Å². The number of hydrogen-bond acceptors (Lipinski definition) is 3. The number of carbonyl (C=O) groups is 2. The van der Waals surface area contributed by atoms with Gasteiger partial charge in [0.2, 0.25) is 0 Å². The van der Waals surface area contributed by atoms with Crippen molar-refractivity contribution in [2.45, 2.75) is 64.2 Å². The van der Waals surface area contributed by atoms with E-state index in [1.54, 1.807) is 24.3 Å². The minimum atomic E-state index is -0.0435. The minimum Gasteiger partial charge on any atom is -0.352 e. The zero-order valence-electron chi connectivity index (χ0n) is 15.9. The molecule has 0 atom stereocenters. The zero-order valence-corrected chi connectivity index (χ0v) is 15.9. The molecule has 3 N–H and O–H groups in total. The summed E-state index contributed by atoms with van der Waals surface area (Å²) >= 11 is 0. The molecular formula is C22H34N2O2. The monoisotopic (exact) mass is 358 g/mol. The molecule has 0 spiro atoms. The smallest absolute Gasteiger partial charge is 0.251 e. The molecular weight excluding hydrogens is 324 g/mol. The van der Waals surface area contributed by atoms with Crippen LogP contribution in [-0.4, -0.2) is 25.3 Å². The van der Waals surface area contributed by atoms with Gasteiger partial charge in [0.25, 0.3) is 5.91 Å². The van der Waals surface area contributed by atoms with E-state index in [2.05, 4.69) is 5.32 Å². The van der Waals surface area contributed by atoms with Gasteiger partial charge >= 0.3 is 0 Å². The number of carbonyl (C=O) groups excluding carboxylic acids is 2. The third-order valence-corrected chi connectivity index (χ3v) is 5.64. The molecule has 3 rings (SSSR count). The van der Waals surface area contributed by atoms with Crippen molar-refractivity contribution in [3.8, 4) is 0 Å². The first-order valence-corrected chi connectivity index (χ1v) is 10.3. The van der Waals surface area contributed by atoms with Crippen LogP contribution in [-0.2, 0) is 0 Å². The molecule has 2 fully saturated rings. The highest BCUT2D eigenvalue weighted by molar-refractivity contribution is 5.94. The lowest BCUT2D eigenvalue weighted by atomic mass is 9.89. The highest BCUT2D eigenvalue weighted by atomic mass is 16.1. The van der Waals surface area contributed by atoms with E-state index >= 15 is 0 Å². The normalized spacial score (nSPS) is 18.5. The van der Waals surface area contributed by atoms with Gasteiger partial charge in [-0.05, 0) is 56.2 Å². The number of benzene rings is 1. The SMILES string of the molecule is NCC1CCCCC1.O=Cc1ccc(C(=O)NCC2CCCCC2)cc1. The molecule has 1 aromatic rings. The fourth-order valence-corrected chi connectivity index (χ4v) is 3.87. The Balaban J connectivity index is 0.000000254. The van der Waals surface area contributed by atoms with Gasteiger partial charge < -0.3 is 11.1 Å². The molecule has 1 amide bonds. The van der Waals surface area contributed by atoms with Crippen molar-refractivity contribution in [1.82, 2.24) is 5.32 Å². The molecule has 4 nitrogen and oxygen atoms in total. The Bertz CT molecular complexity index is 530. The van der Waals surface area contributed by atoms with Crippen LogP contribution in [0.5, 0.6) is 0 Å². The molecule has 144 valence electrons. The van der Waals surface area contributed by atoms with Gasteiger partial charge in [0, 0.05) is 17.7 Å². The Morgan fingerprint density at radius 2 is 1.46 bits per heavy atom. The lowest BCUT2D eigenvalue weighted by Gasteiger charge is -2.21. The van der Waals surface area contributed by atoms with Crippen LogP contribution in [0.25, 0.3) is 0 Å². The predicted octanol–water partition coefficient (Wildman–Crippen LogP) is 4.33. The number of rotatable bonds is 5. The number of hydrogen-bond donors (Lipinski definition) is 2. The van der Waals surface area contributed by atoms with Crippen molar-refractivity contribution in [3.05, 3.63) is 35.4 Å². The summed E-state index contributed by atoms with van der Waals surface area (Å²) in [6.07, 6.45) is 14.2. The first kappa shape index (κ1) is 20.6. The Labute approximate surface area is 157 Å². The first-order chi connectivity index (χ1) is 12.7. The van der Waals surface area contributed by atoms with Crippen molar-refractivity contribution in [2.24, 2.45) is 17.6 Å². The van der Waals surface area contributed by atoms with Gasteiger partial charge in [0.15, 0.2) is 0 Å². The number of aldehydes is 1. The van der Waals surface area contributed by atoms with Gasteiger partial charge in [-0.15, -0.1) is 0 Å². The Morgan fingerprint density at radius 3 is 1.92 bits per heavy atom.